The molecule has 3 fully saturated rings. The zero-order chi connectivity index (χ0) is 20.0. The molecule has 3 aliphatic rings. The lowest BCUT2D eigenvalue weighted by Gasteiger charge is -2.22. The number of hydrogen-bond donors (Lipinski definition) is 1. The van der Waals surface area contributed by atoms with E-state index in [-0.39, 0.29) is 11.1 Å². The average molecular weight is 409 g/mol. The molecule has 1 aliphatic heterocycles. The van der Waals surface area contributed by atoms with Crippen LogP contribution in [0.1, 0.15) is 54.8 Å². The zero-order valence-electron chi connectivity index (χ0n) is 16.4. The van der Waals surface area contributed by atoms with Gasteiger partial charge in [0.05, 0.1) is 5.54 Å². The normalized spacial score (nSPS) is 23.9. The molecule has 1 aromatic heterocycles. The second-order valence-electron chi connectivity index (χ2n) is 8.73. The summed E-state index contributed by atoms with van der Waals surface area (Å²) in [7, 11) is 0. The van der Waals surface area contributed by atoms with Crippen LogP contribution >= 0.6 is 11.6 Å². The van der Waals surface area contributed by atoms with Gasteiger partial charge in [-0.25, -0.2) is 0 Å². The summed E-state index contributed by atoms with van der Waals surface area (Å²) in [5.41, 5.74) is 3.64. The molecule has 0 amide bonds. The fourth-order valence-electron chi connectivity index (χ4n) is 4.53. The fourth-order valence-corrected chi connectivity index (χ4v) is 4.66. The van der Waals surface area contributed by atoms with Crippen LogP contribution in [-0.2, 0) is 4.79 Å². The van der Waals surface area contributed by atoms with Crippen molar-refractivity contribution in [3.63, 3.8) is 0 Å². The maximum absolute atomic E-state index is 12.6. The van der Waals surface area contributed by atoms with Gasteiger partial charge in [-0.1, -0.05) is 35.9 Å². The number of nitrogens with zero attached hydrogens (tertiary/aromatic N) is 1. The van der Waals surface area contributed by atoms with E-state index >= 15 is 0 Å². The van der Waals surface area contributed by atoms with Crippen molar-refractivity contribution < 1.29 is 4.79 Å². The van der Waals surface area contributed by atoms with Crippen LogP contribution in [0.15, 0.2) is 47.3 Å². The van der Waals surface area contributed by atoms with Crippen molar-refractivity contribution in [1.82, 2.24) is 9.88 Å². The summed E-state index contributed by atoms with van der Waals surface area (Å²) in [6.07, 6.45) is 8.60. The van der Waals surface area contributed by atoms with E-state index in [9.17, 15) is 9.59 Å². The van der Waals surface area contributed by atoms with Gasteiger partial charge in [0, 0.05) is 28.4 Å². The molecule has 150 valence electrons. The lowest BCUT2D eigenvalue weighted by molar-refractivity contribution is -0.113. The number of likely N-dealkylation sites (tertiary alicyclic amines) is 1. The van der Waals surface area contributed by atoms with Crippen molar-refractivity contribution in [2.45, 2.75) is 43.6 Å². The molecule has 1 atom stereocenters. The van der Waals surface area contributed by atoms with Gasteiger partial charge in [-0.2, -0.15) is 0 Å². The Kier molecular flexibility index (Phi) is 4.72. The summed E-state index contributed by atoms with van der Waals surface area (Å²) in [5.74, 6) is 0.780. The van der Waals surface area contributed by atoms with Gasteiger partial charge in [-0.05, 0) is 74.2 Å². The average Bonchev–Trinajstić information content (AvgIpc) is 3.66. The van der Waals surface area contributed by atoms with Crippen LogP contribution in [0.4, 0.5) is 0 Å². The van der Waals surface area contributed by atoms with Crippen molar-refractivity contribution in [2.24, 2.45) is 5.92 Å². The second kappa shape index (κ2) is 7.26. The van der Waals surface area contributed by atoms with Gasteiger partial charge in [0.2, 0.25) is 0 Å². The Bertz CT molecular complexity index is 1020. The molecule has 5 heteroatoms. The number of carbonyl (C=O) groups excluding carboxylic acids is 1. The molecule has 29 heavy (non-hydrogen) atoms. The van der Waals surface area contributed by atoms with Crippen molar-refractivity contribution in [2.75, 3.05) is 13.1 Å². The van der Waals surface area contributed by atoms with Crippen LogP contribution in [-0.4, -0.2) is 34.8 Å². The highest BCUT2D eigenvalue weighted by Crippen LogP contribution is 2.43. The molecule has 1 N–H and O–H groups in total. The quantitative estimate of drug-likeness (QED) is 0.721. The Balaban J connectivity index is 1.48. The number of aromatic amines is 1. The van der Waals surface area contributed by atoms with Crippen LogP contribution in [0.3, 0.4) is 0 Å². The minimum atomic E-state index is -0.205. The van der Waals surface area contributed by atoms with Crippen LogP contribution < -0.4 is 5.56 Å². The fraction of sp³-hybridized carbons (Fsp3) is 0.417. The third kappa shape index (κ3) is 3.72. The first kappa shape index (κ1) is 18.8. The molecule has 2 saturated carbocycles. The number of aldehydes is 1. The molecule has 0 unspecified atom stereocenters. The Labute approximate surface area is 175 Å². The Morgan fingerprint density at radius 3 is 2.48 bits per heavy atom. The largest absolute Gasteiger partial charge is 0.322 e. The number of hydrogen-bond acceptors (Lipinski definition) is 3. The van der Waals surface area contributed by atoms with Crippen LogP contribution in [0.5, 0.6) is 0 Å². The third-order valence-electron chi connectivity index (χ3n) is 6.64. The highest BCUT2D eigenvalue weighted by Gasteiger charge is 2.49. The Morgan fingerprint density at radius 2 is 1.86 bits per heavy atom. The molecule has 2 aromatic rings. The van der Waals surface area contributed by atoms with E-state index in [4.69, 9.17) is 11.6 Å². The smallest absolute Gasteiger partial charge is 0.251 e. The molecule has 4 nitrogen and oxygen atoms in total. The van der Waals surface area contributed by atoms with E-state index < -0.39 is 0 Å². The molecule has 0 spiro atoms. The predicted molar refractivity (Wildman–Crippen MR) is 115 cm³/mol. The Morgan fingerprint density at radius 1 is 1.10 bits per heavy atom. The lowest BCUT2D eigenvalue weighted by Crippen LogP contribution is -2.36. The SMILES string of the molecule is O=CC1(N2CC[C@H](/C=C(\c3ccc(Cl)cc3)c3ccc(C4CC4)c(=O)[nH]3)C2)CC1. The van der Waals surface area contributed by atoms with Gasteiger partial charge in [0.25, 0.3) is 5.56 Å². The van der Waals surface area contributed by atoms with Gasteiger partial charge >= 0.3 is 0 Å². The molecule has 0 radical (unpaired) electrons. The number of aromatic nitrogens is 1. The highest BCUT2D eigenvalue weighted by atomic mass is 35.5. The van der Waals surface area contributed by atoms with Crippen molar-refractivity contribution in [1.29, 1.82) is 0 Å². The van der Waals surface area contributed by atoms with Gasteiger partial charge in [-0.3, -0.25) is 9.69 Å². The van der Waals surface area contributed by atoms with Gasteiger partial charge in [-0.15, -0.1) is 0 Å². The Hall–Kier alpha value is -2.17. The maximum atomic E-state index is 12.6. The minimum Gasteiger partial charge on any atom is -0.322 e. The first-order chi connectivity index (χ1) is 14.1. The van der Waals surface area contributed by atoms with E-state index in [1.165, 1.54) is 0 Å². The summed E-state index contributed by atoms with van der Waals surface area (Å²) in [6, 6.07) is 11.8. The van der Waals surface area contributed by atoms with E-state index in [0.29, 0.717) is 16.9 Å². The van der Waals surface area contributed by atoms with E-state index in [0.717, 1.165) is 73.9 Å². The first-order valence-corrected chi connectivity index (χ1v) is 10.9. The molecule has 2 aliphatic carbocycles. The van der Waals surface area contributed by atoms with Gasteiger partial charge in [0.1, 0.15) is 6.29 Å². The summed E-state index contributed by atoms with van der Waals surface area (Å²) >= 11 is 6.10. The van der Waals surface area contributed by atoms with Crippen molar-refractivity contribution in [3.8, 4) is 0 Å². The number of nitrogens with one attached hydrogen (secondary N) is 1. The number of H-pyrrole nitrogens is 1. The molecule has 1 saturated heterocycles. The number of carbonyl (C=O) groups is 1. The lowest BCUT2D eigenvalue weighted by atomic mass is 9.96. The monoisotopic (exact) mass is 408 g/mol. The molecular weight excluding hydrogens is 384 g/mol. The van der Waals surface area contributed by atoms with Crippen LogP contribution in [0, 0.1) is 5.92 Å². The van der Waals surface area contributed by atoms with E-state index in [1.807, 2.05) is 36.4 Å². The maximum Gasteiger partial charge on any atom is 0.251 e. The van der Waals surface area contributed by atoms with Gasteiger partial charge < -0.3 is 9.78 Å². The van der Waals surface area contributed by atoms with E-state index in [1.54, 1.807) is 0 Å². The van der Waals surface area contributed by atoms with Crippen molar-refractivity contribution >= 4 is 23.5 Å². The molecule has 1 aromatic carbocycles. The molecule has 0 bridgehead atoms. The summed E-state index contributed by atoms with van der Waals surface area (Å²) in [6.45, 7) is 1.84. The third-order valence-corrected chi connectivity index (χ3v) is 6.89. The molecular formula is C24H25ClN2O2. The van der Waals surface area contributed by atoms with E-state index in [2.05, 4.69) is 16.0 Å². The summed E-state index contributed by atoms with van der Waals surface area (Å²) in [5, 5.41) is 0.694. The number of pyridine rings is 1. The number of rotatable bonds is 6. The standard InChI is InChI=1S/C24H25ClN2O2/c25-19-5-3-18(4-6-19)21(22-8-7-20(17-1-2-17)23(29)26-22)13-16-9-12-27(14-16)24(15-28)10-11-24/h3-8,13,15-17H,1-2,9-12,14H2,(H,26,29)/b21-13+/t16-/m1/s1. The highest BCUT2D eigenvalue weighted by molar-refractivity contribution is 6.30. The van der Waals surface area contributed by atoms with Crippen LogP contribution in [0.2, 0.25) is 5.02 Å². The minimum absolute atomic E-state index is 0.0239. The molecule has 2 heterocycles. The first-order valence-electron chi connectivity index (χ1n) is 10.5. The summed E-state index contributed by atoms with van der Waals surface area (Å²) in [4.78, 5) is 29.6. The van der Waals surface area contributed by atoms with Crippen LogP contribution in [0.25, 0.3) is 5.57 Å². The second-order valence-corrected chi connectivity index (χ2v) is 9.17. The van der Waals surface area contributed by atoms with Gasteiger partial charge in [0.15, 0.2) is 0 Å². The zero-order valence-corrected chi connectivity index (χ0v) is 17.1. The topological polar surface area (TPSA) is 53.2 Å². The summed E-state index contributed by atoms with van der Waals surface area (Å²) < 4.78 is 0. The number of halogens is 1. The molecule has 5 rings (SSSR count). The number of benzene rings is 1. The predicted octanol–water partition coefficient (Wildman–Crippen LogP) is 4.39. The van der Waals surface area contributed by atoms with Crippen molar-refractivity contribution in [3.05, 3.63) is 74.7 Å².